The maximum Gasteiger partial charge on any atom is 0.0690 e. The van der Waals surface area contributed by atoms with Crippen LogP contribution >= 0.6 is 11.6 Å². The fourth-order valence-corrected chi connectivity index (χ4v) is 1.96. The van der Waals surface area contributed by atoms with Crippen molar-refractivity contribution in [2.75, 3.05) is 0 Å². The van der Waals surface area contributed by atoms with Crippen molar-refractivity contribution in [3.8, 4) is 0 Å². The van der Waals surface area contributed by atoms with E-state index in [9.17, 15) is 5.11 Å². The third-order valence-corrected chi connectivity index (χ3v) is 3.03. The van der Waals surface area contributed by atoms with Crippen LogP contribution in [0.15, 0.2) is 24.8 Å². The molecule has 1 aliphatic rings. The number of allylic oxidation sites excluding steroid dienone is 1. The predicted octanol–water partition coefficient (Wildman–Crippen LogP) is 3.44. The molecule has 0 heterocycles. The topological polar surface area (TPSA) is 20.2 Å². The van der Waals surface area contributed by atoms with Gasteiger partial charge in [-0.15, -0.1) is 0 Å². The summed E-state index contributed by atoms with van der Waals surface area (Å²) in [6.45, 7) is 5.86. The van der Waals surface area contributed by atoms with E-state index in [4.69, 9.17) is 11.6 Å². The Bertz CT molecular complexity index is 405. The first-order valence-corrected chi connectivity index (χ1v) is 5.54. The molecule has 1 aromatic rings. The summed E-state index contributed by atoms with van der Waals surface area (Å²) < 4.78 is 0. The quantitative estimate of drug-likeness (QED) is 0.831. The van der Waals surface area contributed by atoms with Crippen molar-refractivity contribution in [3.63, 3.8) is 0 Å². The zero-order valence-corrected chi connectivity index (χ0v) is 9.64. The van der Waals surface area contributed by atoms with Gasteiger partial charge in [-0.25, -0.2) is 0 Å². The molecule has 1 saturated carbocycles. The lowest BCUT2D eigenvalue weighted by molar-refractivity contribution is 0.151. The van der Waals surface area contributed by atoms with Gasteiger partial charge in [0.1, 0.15) is 0 Å². The SMILES string of the molecule is C=C(C)c1cc(Cl)cc(CC2(O)CC2)c1. The monoisotopic (exact) mass is 222 g/mol. The van der Waals surface area contributed by atoms with Crippen molar-refractivity contribution >= 4 is 17.2 Å². The number of aliphatic hydroxyl groups is 1. The Hall–Kier alpha value is -0.790. The summed E-state index contributed by atoms with van der Waals surface area (Å²) >= 11 is 6.02. The van der Waals surface area contributed by atoms with E-state index < -0.39 is 5.60 Å². The fourth-order valence-electron chi connectivity index (χ4n) is 1.70. The second-order valence-electron chi connectivity index (χ2n) is 4.53. The number of rotatable bonds is 3. The van der Waals surface area contributed by atoms with Crippen molar-refractivity contribution < 1.29 is 5.11 Å². The van der Waals surface area contributed by atoms with E-state index in [1.165, 1.54) is 0 Å². The number of halogens is 1. The average Bonchev–Trinajstić information content (AvgIpc) is 2.81. The highest BCUT2D eigenvalue weighted by atomic mass is 35.5. The van der Waals surface area contributed by atoms with Gasteiger partial charge in [-0.2, -0.15) is 0 Å². The molecule has 0 spiro atoms. The van der Waals surface area contributed by atoms with E-state index in [2.05, 4.69) is 12.6 Å². The third-order valence-electron chi connectivity index (χ3n) is 2.81. The Morgan fingerprint density at radius 3 is 2.67 bits per heavy atom. The molecule has 0 aliphatic heterocycles. The highest BCUT2D eigenvalue weighted by molar-refractivity contribution is 6.30. The van der Waals surface area contributed by atoms with Gasteiger partial charge in [0.25, 0.3) is 0 Å². The molecule has 0 aromatic heterocycles. The maximum atomic E-state index is 9.84. The predicted molar refractivity (Wildman–Crippen MR) is 64.0 cm³/mol. The first-order chi connectivity index (χ1) is 6.98. The second kappa shape index (κ2) is 3.66. The largest absolute Gasteiger partial charge is 0.390 e. The summed E-state index contributed by atoms with van der Waals surface area (Å²) in [5.41, 5.74) is 2.70. The van der Waals surface area contributed by atoms with Crippen molar-refractivity contribution in [2.45, 2.75) is 31.8 Å². The number of hydrogen-bond acceptors (Lipinski definition) is 1. The van der Waals surface area contributed by atoms with Crippen LogP contribution < -0.4 is 0 Å². The van der Waals surface area contributed by atoms with Crippen molar-refractivity contribution in [2.24, 2.45) is 0 Å². The van der Waals surface area contributed by atoms with E-state index in [1.807, 2.05) is 19.1 Å². The molecule has 0 unspecified atom stereocenters. The zero-order valence-electron chi connectivity index (χ0n) is 8.89. The number of hydrogen-bond donors (Lipinski definition) is 1. The van der Waals surface area contributed by atoms with E-state index in [-0.39, 0.29) is 0 Å². The van der Waals surface area contributed by atoms with Crippen LogP contribution in [-0.2, 0) is 6.42 Å². The summed E-state index contributed by atoms with van der Waals surface area (Å²) in [6.07, 6.45) is 2.51. The molecule has 1 aromatic carbocycles. The molecular weight excluding hydrogens is 208 g/mol. The summed E-state index contributed by atoms with van der Waals surface area (Å²) in [5.74, 6) is 0. The smallest absolute Gasteiger partial charge is 0.0690 e. The van der Waals surface area contributed by atoms with E-state index in [0.29, 0.717) is 6.42 Å². The lowest BCUT2D eigenvalue weighted by Gasteiger charge is -2.10. The van der Waals surface area contributed by atoms with Crippen molar-refractivity contribution in [1.29, 1.82) is 0 Å². The van der Waals surface area contributed by atoms with Crippen molar-refractivity contribution in [1.82, 2.24) is 0 Å². The molecule has 0 atom stereocenters. The molecule has 1 aliphatic carbocycles. The molecule has 0 saturated heterocycles. The highest BCUT2D eigenvalue weighted by Crippen LogP contribution is 2.38. The van der Waals surface area contributed by atoms with E-state index >= 15 is 0 Å². The molecule has 1 fully saturated rings. The Balaban J connectivity index is 2.27. The summed E-state index contributed by atoms with van der Waals surface area (Å²) in [5, 5.41) is 10.6. The van der Waals surface area contributed by atoms with Crippen LogP contribution in [-0.4, -0.2) is 10.7 Å². The van der Waals surface area contributed by atoms with Crippen LogP contribution in [0.25, 0.3) is 5.57 Å². The van der Waals surface area contributed by atoms with Gasteiger partial charge >= 0.3 is 0 Å². The van der Waals surface area contributed by atoms with Crippen LogP contribution in [0, 0.1) is 0 Å². The van der Waals surface area contributed by atoms with Gasteiger partial charge < -0.3 is 5.11 Å². The van der Waals surface area contributed by atoms with Gasteiger partial charge in [0.15, 0.2) is 0 Å². The summed E-state index contributed by atoms with van der Waals surface area (Å²) in [7, 11) is 0. The maximum absolute atomic E-state index is 9.84. The highest BCUT2D eigenvalue weighted by Gasteiger charge is 2.40. The minimum atomic E-state index is -0.461. The summed E-state index contributed by atoms with van der Waals surface area (Å²) in [4.78, 5) is 0. The molecular formula is C13H15ClO. The van der Waals surface area contributed by atoms with E-state index in [1.54, 1.807) is 0 Å². The van der Waals surface area contributed by atoms with Crippen LogP contribution in [0.3, 0.4) is 0 Å². The molecule has 1 N–H and O–H groups in total. The van der Waals surface area contributed by atoms with Crippen LogP contribution in [0.4, 0.5) is 0 Å². The fraction of sp³-hybridized carbons (Fsp3) is 0.385. The van der Waals surface area contributed by atoms with Gasteiger partial charge in [0, 0.05) is 11.4 Å². The van der Waals surface area contributed by atoms with Gasteiger partial charge in [-0.05, 0) is 43.0 Å². The normalized spacial score (nSPS) is 17.5. The zero-order chi connectivity index (χ0) is 11.1. The second-order valence-corrected chi connectivity index (χ2v) is 4.97. The lowest BCUT2D eigenvalue weighted by Crippen LogP contribution is -2.10. The Kier molecular flexibility index (Phi) is 2.61. The standard InChI is InChI=1S/C13H15ClO/c1-9(2)11-5-10(6-12(14)7-11)8-13(15)3-4-13/h5-7,15H,1,3-4,8H2,2H3. The van der Waals surface area contributed by atoms with Gasteiger partial charge in [-0.1, -0.05) is 29.8 Å². The molecule has 80 valence electrons. The van der Waals surface area contributed by atoms with Crippen LogP contribution in [0.5, 0.6) is 0 Å². The Morgan fingerprint density at radius 1 is 1.47 bits per heavy atom. The lowest BCUT2D eigenvalue weighted by atomic mass is 10.0. The van der Waals surface area contributed by atoms with E-state index in [0.717, 1.165) is 34.6 Å². The van der Waals surface area contributed by atoms with Gasteiger partial charge in [-0.3, -0.25) is 0 Å². The minimum Gasteiger partial charge on any atom is -0.390 e. The van der Waals surface area contributed by atoms with Gasteiger partial charge in [0.05, 0.1) is 5.60 Å². The average molecular weight is 223 g/mol. The third kappa shape index (κ3) is 2.61. The summed E-state index contributed by atoms with van der Waals surface area (Å²) in [6, 6.07) is 5.89. The Labute approximate surface area is 95.4 Å². The first-order valence-electron chi connectivity index (χ1n) is 5.16. The molecule has 0 amide bonds. The molecule has 0 bridgehead atoms. The number of benzene rings is 1. The molecule has 15 heavy (non-hydrogen) atoms. The molecule has 2 heteroatoms. The first kappa shape index (κ1) is 10.7. The minimum absolute atomic E-state index is 0.461. The molecule has 0 radical (unpaired) electrons. The molecule has 1 nitrogen and oxygen atoms in total. The van der Waals surface area contributed by atoms with Crippen LogP contribution in [0.1, 0.15) is 30.9 Å². The molecule has 2 rings (SSSR count). The van der Waals surface area contributed by atoms with Crippen molar-refractivity contribution in [3.05, 3.63) is 40.9 Å². The van der Waals surface area contributed by atoms with Gasteiger partial charge in [0.2, 0.25) is 0 Å². The van der Waals surface area contributed by atoms with Crippen LogP contribution in [0.2, 0.25) is 5.02 Å². The Morgan fingerprint density at radius 2 is 2.13 bits per heavy atom.